The second-order valence-corrected chi connectivity index (χ2v) is 12.0. The maximum absolute atomic E-state index is 5.29. The van der Waals surface area contributed by atoms with Gasteiger partial charge in [0.05, 0.1) is 33.8 Å². The molecule has 2 aliphatic rings. The van der Waals surface area contributed by atoms with Crippen LogP contribution >= 0.6 is 0 Å². The molecule has 0 unspecified atom stereocenters. The topological polar surface area (TPSA) is 46.5 Å². The molecule has 0 saturated carbocycles. The van der Waals surface area contributed by atoms with Crippen LogP contribution in [0.3, 0.4) is 0 Å². The molecule has 0 aliphatic carbocycles. The first kappa shape index (κ1) is 30.5. The van der Waals surface area contributed by atoms with E-state index in [0.29, 0.717) is 0 Å². The fourth-order valence-electron chi connectivity index (χ4n) is 6.81. The third-order valence-electron chi connectivity index (χ3n) is 8.87. The minimum absolute atomic E-state index is 0. The number of H-pyrrole nitrogens is 1. The standard InChI is InChI=1S/C44H30N4.Ag/c1-5-13-30(14-6-1)41-39-26-25-36(47-39)28-35-22-21-33(45-35)27-34-23-24-37(46-34)29-40-42(31-15-7-2-8-16-31)43(32-17-9-3-10-18-32)44(41)48(40)38-19-11-4-12-20-38;/h1-29,45H;. The molecule has 3 aromatic heterocycles. The molecule has 237 valence electrons. The van der Waals surface area contributed by atoms with Gasteiger partial charge in [0.15, 0.2) is 0 Å². The fraction of sp³-hybridized carbons (Fsp3) is 0. The summed E-state index contributed by atoms with van der Waals surface area (Å²) in [4.78, 5) is 13.9. The first-order valence-corrected chi connectivity index (χ1v) is 16.2. The number of hydrogen-bond acceptors (Lipinski definition) is 2. The van der Waals surface area contributed by atoms with Gasteiger partial charge in [-0.05, 0) is 83.5 Å². The molecular formula is C44H30AgN4. The molecule has 49 heavy (non-hydrogen) atoms. The van der Waals surface area contributed by atoms with Gasteiger partial charge in [-0.2, -0.15) is 0 Å². The first-order chi connectivity index (χ1) is 23.8. The SMILES string of the molecule is C1=Cc2cc3c(-c4ccccc4)c(-c4ccccc4)c(c(-c4ccccc4)c4nc(cc5ccc(cc1n2)[nH]5)C=C4)n3-c1ccccc1.[Ag]. The van der Waals surface area contributed by atoms with Gasteiger partial charge in [-0.25, -0.2) is 9.97 Å². The zero-order chi connectivity index (χ0) is 31.9. The van der Waals surface area contributed by atoms with Crippen LogP contribution in [-0.2, 0) is 22.4 Å². The third-order valence-corrected chi connectivity index (χ3v) is 8.87. The Bertz CT molecular complexity index is 2530. The van der Waals surface area contributed by atoms with Crippen molar-refractivity contribution >= 4 is 46.4 Å². The molecule has 0 fully saturated rings. The number of hydrogen-bond donors (Lipinski definition) is 1. The van der Waals surface area contributed by atoms with Crippen LogP contribution in [0.2, 0.25) is 0 Å². The van der Waals surface area contributed by atoms with Crippen molar-refractivity contribution < 1.29 is 22.4 Å². The van der Waals surface area contributed by atoms with E-state index in [0.717, 1.165) is 83.9 Å². The Hall–Kier alpha value is -5.78. The predicted octanol–water partition coefficient (Wildman–Crippen LogP) is 11.1. The van der Waals surface area contributed by atoms with Crippen molar-refractivity contribution in [1.29, 1.82) is 0 Å². The number of nitrogens with one attached hydrogen (secondary N) is 1. The molecule has 1 radical (unpaired) electrons. The van der Waals surface area contributed by atoms with Crippen LogP contribution in [0.1, 0.15) is 22.8 Å². The number of fused-ring (bicyclic) bond motifs is 8. The van der Waals surface area contributed by atoms with Crippen molar-refractivity contribution in [2.24, 2.45) is 0 Å². The van der Waals surface area contributed by atoms with Crippen molar-refractivity contribution in [3.05, 3.63) is 174 Å². The Morgan fingerprint density at radius 2 is 0.898 bits per heavy atom. The van der Waals surface area contributed by atoms with Crippen LogP contribution < -0.4 is 0 Å². The number of para-hydroxylation sites is 1. The summed E-state index contributed by atoms with van der Waals surface area (Å²) in [5, 5.41) is 0. The largest absolute Gasteiger partial charge is 0.355 e. The summed E-state index contributed by atoms with van der Waals surface area (Å²) < 4.78 is 2.41. The summed E-state index contributed by atoms with van der Waals surface area (Å²) >= 11 is 0. The molecule has 8 bridgehead atoms. The molecular weight excluding hydrogens is 692 g/mol. The quantitative estimate of drug-likeness (QED) is 0.184. The second-order valence-electron chi connectivity index (χ2n) is 12.0. The molecule has 0 spiro atoms. The molecule has 1 N–H and O–H groups in total. The van der Waals surface area contributed by atoms with Gasteiger partial charge in [0.2, 0.25) is 0 Å². The fourth-order valence-corrected chi connectivity index (χ4v) is 6.81. The summed E-state index contributed by atoms with van der Waals surface area (Å²) in [6, 6.07) is 53.3. The van der Waals surface area contributed by atoms with E-state index < -0.39 is 0 Å². The van der Waals surface area contributed by atoms with Crippen molar-refractivity contribution in [2.45, 2.75) is 0 Å². The Kier molecular flexibility index (Phi) is 8.12. The normalized spacial score (nSPS) is 11.8. The average Bonchev–Trinajstić information content (AvgIpc) is 3.95. The molecule has 7 aromatic rings. The second kappa shape index (κ2) is 13.0. The zero-order valence-electron chi connectivity index (χ0n) is 26.4. The minimum Gasteiger partial charge on any atom is -0.355 e. The van der Waals surface area contributed by atoms with Crippen LogP contribution in [0, 0.1) is 0 Å². The molecule has 0 amide bonds. The van der Waals surface area contributed by atoms with E-state index in [1.807, 2.05) is 0 Å². The molecule has 0 atom stereocenters. The van der Waals surface area contributed by atoms with Crippen LogP contribution in [0.25, 0.3) is 85.4 Å². The van der Waals surface area contributed by atoms with Gasteiger partial charge in [-0.3, -0.25) is 0 Å². The Morgan fingerprint density at radius 3 is 1.49 bits per heavy atom. The molecule has 5 heterocycles. The summed E-state index contributed by atoms with van der Waals surface area (Å²) in [5.41, 5.74) is 15.4. The van der Waals surface area contributed by atoms with E-state index in [9.17, 15) is 0 Å². The maximum atomic E-state index is 5.29. The number of benzene rings is 4. The first-order valence-electron chi connectivity index (χ1n) is 16.2. The van der Waals surface area contributed by atoms with Crippen molar-refractivity contribution in [2.75, 3.05) is 0 Å². The number of rotatable bonds is 4. The van der Waals surface area contributed by atoms with Crippen LogP contribution in [-0.4, -0.2) is 19.5 Å². The van der Waals surface area contributed by atoms with Gasteiger partial charge >= 0.3 is 0 Å². The number of nitrogens with zero attached hydrogens (tertiary/aromatic N) is 3. The molecule has 9 rings (SSSR count). The zero-order valence-corrected chi connectivity index (χ0v) is 27.9. The Balaban J connectivity index is 0.00000348. The summed E-state index contributed by atoms with van der Waals surface area (Å²) in [7, 11) is 0. The third kappa shape index (κ3) is 5.73. The van der Waals surface area contributed by atoms with E-state index in [2.05, 4.69) is 186 Å². The summed E-state index contributed by atoms with van der Waals surface area (Å²) in [5.74, 6) is 0. The van der Waals surface area contributed by atoms with E-state index in [4.69, 9.17) is 9.97 Å². The van der Waals surface area contributed by atoms with E-state index in [1.165, 1.54) is 0 Å². The van der Waals surface area contributed by atoms with Gasteiger partial charge in [0.1, 0.15) is 0 Å². The number of aromatic nitrogens is 4. The Morgan fingerprint density at radius 1 is 0.429 bits per heavy atom. The molecule has 5 heteroatoms. The van der Waals surface area contributed by atoms with E-state index in [-0.39, 0.29) is 22.4 Å². The van der Waals surface area contributed by atoms with Crippen LogP contribution in [0.5, 0.6) is 0 Å². The van der Waals surface area contributed by atoms with Gasteiger partial charge in [-0.15, -0.1) is 0 Å². The summed E-state index contributed by atoms with van der Waals surface area (Å²) in [6.45, 7) is 0. The van der Waals surface area contributed by atoms with Gasteiger partial charge in [-0.1, -0.05) is 109 Å². The van der Waals surface area contributed by atoms with Gasteiger partial charge in [0, 0.05) is 55.8 Å². The van der Waals surface area contributed by atoms with Gasteiger partial charge < -0.3 is 9.55 Å². The molecule has 2 aliphatic heterocycles. The smallest absolute Gasteiger partial charge is 0.0737 e. The van der Waals surface area contributed by atoms with E-state index in [1.54, 1.807) is 0 Å². The van der Waals surface area contributed by atoms with Crippen LogP contribution in [0.4, 0.5) is 0 Å². The Labute approximate surface area is 300 Å². The van der Waals surface area contributed by atoms with Crippen molar-refractivity contribution in [3.8, 4) is 39.1 Å². The van der Waals surface area contributed by atoms with Crippen molar-refractivity contribution in [3.63, 3.8) is 0 Å². The number of aromatic amines is 1. The monoisotopic (exact) mass is 721 g/mol. The molecule has 4 aromatic carbocycles. The van der Waals surface area contributed by atoms with E-state index >= 15 is 0 Å². The van der Waals surface area contributed by atoms with Gasteiger partial charge in [0.25, 0.3) is 0 Å². The molecule has 4 nitrogen and oxygen atoms in total. The van der Waals surface area contributed by atoms with Crippen molar-refractivity contribution in [1.82, 2.24) is 19.5 Å². The minimum atomic E-state index is 0. The summed E-state index contributed by atoms with van der Waals surface area (Å²) in [6.07, 6.45) is 8.44. The van der Waals surface area contributed by atoms with Crippen LogP contribution in [0.15, 0.2) is 152 Å². The predicted molar refractivity (Wildman–Crippen MR) is 200 cm³/mol. The maximum Gasteiger partial charge on any atom is 0.0737 e. The molecule has 0 saturated heterocycles. The average molecular weight is 723 g/mol.